The van der Waals surface area contributed by atoms with Gasteiger partial charge in [0.2, 0.25) is 0 Å². The predicted octanol–water partition coefficient (Wildman–Crippen LogP) is 2.18. The number of hydrogen-bond acceptors (Lipinski definition) is 5. The van der Waals surface area contributed by atoms with Gasteiger partial charge < -0.3 is 20.6 Å². The molecule has 0 aliphatic carbocycles. The monoisotopic (exact) mass is 358 g/mol. The number of likely N-dealkylation sites (tertiary alicyclic amines) is 1. The van der Waals surface area contributed by atoms with Gasteiger partial charge in [0.05, 0.1) is 5.71 Å². The largest absolute Gasteiger partial charge is 0.481 e. The number of piperidine rings is 1. The third-order valence-corrected chi connectivity index (χ3v) is 5.25. The minimum absolute atomic E-state index is 0.0633. The first kappa shape index (κ1) is 18.4. The second-order valence-electron chi connectivity index (χ2n) is 7.17. The second kappa shape index (κ2) is 7.86. The van der Waals surface area contributed by atoms with E-state index in [4.69, 9.17) is 21.1 Å². The van der Waals surface area contributed by atoms with Crippen molar-refractivity contribution in [2.24, 2.45) is 10.9 Å². The zero-order valence-corrected chi connectivity index (χ0v) is 14.9. The van der Waals surface area contributed by atoms with Crippen molar-refractivity contribution in [3.63, 3.8) is 0 Å². The molecule has 7 nitrogen and oxygen atoms in total. The molecule has 2 aliphatic rings. The van der Waals surface area contributed by atoms with Gasteiger partial charge in [-0.25, -0.2) is 0 Å². The van der Waals surface area contributed by atoms with Crippen LogP contribution in [0, 0.1) is 5.41 Å². The maximum absolute atomic E-state index is 10.6. The highest BCUT2D eigenvalue weighted by Gasteiger charge is 2.42. The number of benzene rings is 1. The Morgan fingerprint density at radius 1 is 1.27 bits per heavy atom. The van der Waals surface area contributed by atoms with Gasteiger partial charge in [-0.15, -0.1) is 0 Å². The van der Waals surface area contributed by atoms with Crippen LogP contribution in [-0.2, 0) is 9.63 Å². The van der Waals surface area contributed by atoms with Crippen molar-refractivity contribution in [1.29, 1.82) is 5.41 Å². The molecule has 0 amide bonds. The van der Waals surface area contributed by atoms with E-state index >= 15 is 0 Å². The van der Waals surface area contributed by atoms with Gasteiger partial charge in [0, 0.05) is 44.3 Å². The van der Waals surface area contributed by atoms with Crippen LogP contribution in [0.2, 0.25) is 0 Å². The summed E-state index contributed by atoms with van der Waals surface area (Å²) in [5.74, 6) is -0.656. The SMILES string of the molecule is N=C(N)c1ccc(C2=NOC3(CCN(CCCCC(=O)O)CC3)C2)cc1. The number of carboxylic acids is 1. The Morgan fingerprint density at radius 2 is 1.96 bits per heavy atom. The van der Waals surface area contributed by atoms with E-state index in [1.54, 1.807) is 0 Å². The highest BCUT2D eigenvalue weighted by molar-refractivity contribution is 6.03. The number of hydrogen-bond donors (Lipinski definition) is 3. The van der Waals surface area contributed by atoms with Crippen LogP contribution in [0.3, 0.4) is 0 Å². The number of nitrogen functional groups attached to an aromatic ring is 1. The summed E-state index contributed by atoms with van der Waals surface area (Å²) >= 11 is 0. The molecule has 0 aromatic heterocycles. The van der Waals surface area contributed by atoms with E-state index in [-0.39, 0.29) is 17.9 Å². The van der Waals surface area contributed by atoms with E-state index in [0.29, 0.717) is 5.56 Å². The predicted molar refractivity (Wildman–Crippen MR) is 99.6 cm³/mol. The Kier molecular flexibility index (Phi) is 5.56. The number of aliphatic carboxylic acids is 1. The summed E-state index contributed by atoms with van der Waals surface area (Å²) in [6.45, 7) is 2.86. The third-order valence-electron chi connectivity index (χ3n) is 5.25. The molecule has 1 aromatic rings. The summed E-state index contributed by atoms with van der Waals surface area (Å²) < 4.78 is 0. The van der Waals surface area contributed by atoms with E-state index in [1.807, 2.05) is 24.3 Å². The average Bonchev–Trinajstić information content (AvgIpc) is 3.04. The van der Waals surface area contributed by atoms with Gasteiger partial charge in [-0.1, -0.05) is 29.4 Å². The minimum Gasteiger partial charge on any atom is -0.481 e. The van der Waals surface area contributed by atoms with Crippen molar-refractivity contribution >= 4 is 17.5 Å². The zero-order valence-electron chi connectivity index (χ0n) is 14.9. The summed E-state index contributed by atoms with van der Waals surface area (Å²) in [6.07, 6.45) is 4.58. The van der Waals surface area contributed by atoms with Crippen LogP contribution in [0.25, 0.3) is 0 Å². The Hall–Kier alpha value is -2.41. The number of amidine groups is 1. The summed E-state index contributed by atoms with van der Waals surface area (Å²) in [5, 5.41) is 20.5. The van der Waals surface area contributed by atoms with Crippen molar-refractivity contribution in [2.75, 3.05) is 19.6 Å². The maximum Gasteiger partial charge on any atom is 0.303 e. The summed E-state index contributed by atoms with van der Waals surface area (Å²) in [6, 6.07) is 7.56. The number of carbonyl (C=O) groups is 1. The van der Waals surface area contributed by atoms with Crippen LogP contribution < -0.4 is 5.73 Å². The van der Waals surface area contributed by atoms with Crippen LogP contribution >= 0.6 is 0 Å². The fraction of sp³-hybridized carbons (Fsp3) is 0.526. The van der Waals surface area contributed by atoms with Crippen molar-refractivity contribution in [1.82, 2.24) is 4.90 Å². The highest BCUT2D eigenvalue weighted by atomic mass is 16.7. The van der Waals surface area contributed by atoms with Gasteiger partial charge in [-0.2, -0.15) is 0 Å². The van der Waals surface area contributed by atoms with Crippen molar-refractivity contribution < 1.29 is 14.7 Å². The third kappa shape index (κ3) is 4.40. The summed E-state index contributed by atoms with van der Waals surface area (Å²) in [7, 11) is 0. The molecule has 1 spiro atoms. The average molecular weight is 358 g/mol. The molecule has 7 heteroatoms. The Bertz CT molecular complexity index is 691. The molecule has 2 aliphatic heterocycles. The Labute approximate surface area is 153 Å². The van der Waals surface area contributed by atoms with Crippen molar-refractivity contribution in [2.45, 2.75) is 44.1 Å². The first-order valence-corrected chi connectivity index (χ1v) is 9.11. The lowest BCUT2D eigenvalue weighted by Crippen LogP contribution is -2.44. The van der Waals surface area contributed by atoms with Gasteiger partial charge in [0.1, 0.15) is 11.4 Å². The zero-order chi connectivity index (χ0) is 18.6. The molecule has 140 valence electrons. The molecular weight excluding hydrogens is 332 g/mol. The van der Waals surface area contributed by atoms with Gasteiger partial charge in [0.15, 0.2) is 0 Å². The van der Waals surface area contributed by atoms with E-state index in [2.05, 4.69) is 10.1 Å². The number of oxime groups is 1. The molecule has 3 rings (SSSR count). The second-order valence-corrected chi connectivity index (χ2v) is 7.17. The fourth-order valence-electron chi connectivity index (χ4n) is 3.58. The molecular formula is C19H26N4O3. The standard InChI is InChI=1S/C19H26N4O3/c20-18(21)15-6-4-14(5-7-15)16-13-19(26-22-16)8-11-23(12-9-19)10-2-1-3-17(24)25/h4-7H,1-3,8-13H2,(H3,20,21)(H,24,25). The van der Waals surface area contributed by atoms with E-state index in [0.717, 1.165) is 63.0 Å². The lowest BCUT2D eigenvalue weighted by molar-refractivity contribution is -0.137. The number of carboxylic acid groups (broad SMARTS) is 1. The Balaban J connectivity index is 1.47. The molecule has 0 atom stereocenters. The highest BCUT2D eigenvalue weighted by Crippen LogP contribution is 2.36. The number of unbranched alkanes of at least 4 members (excludes halogenated alkanes) is 1. The number of nitrogens with two attached hydrogens (primary N) is 1. The van der Waals surface area contributed by atoms with Gasteiger partial charge in [0.25, 0.3) is 0 Å². The smallest absolute Gasteiger partial charge is 0.303 e. The summed E-state index contributed by atoms with van der Waals surface area (Å²) in [5.41, 5.74) is 7.97. The van der Waals surface area contributed by atoms with Crippen molar-refractivity contribution in [3.05, 3.63) is 35.4 Å². The topological polar surface area (TPSA) is 112 Å². The lowest BCUT2D eigenvalue weighted by atomic mass is 9.85. The summed E-state index contributed by atoms with van der Waals surface area (Å²) in [4.78, 5) is 18.8. The van der Waals surface area contributed by atoms with Crippen LogP contribution in [0.4, 0.5) is 0 Å². The molecule has 26 heavy (non-hydrogen) atoms. The molecule has 0 saturated carbocycles. The molecule has 0 bridgehead atoms. The van der Waals surface area contributed by atoms with Crippen molar-refractivity contribution in [3.8, 4) is 0 Å². The maximum atomic E-state index is 10.6. The Morgan fingerprint density at radius 3 is 2.58 bits per heavy atom. The number of nitrogens with one attached hydrogen (secondary N) is 1. The van der Waals surface area contributed by atoms with Crippen LogP contribution in [0.15, 0.2) is 29.4 Å². The van der Waals surface area contributed by atoms with Gasteiger partial charge in [-0.05, 0) is 24.9 Å². The van der Waals surface area contributed by atoms with E-state index in [1.165, 1.54) is 0 Å². The minimum atomic E-state index is -0.719. The molecule has 1 fully saturated rings. The number of rotatable bonds is 7. The molecule has 0 unspecified atom stereocenters. The van der Waals surface area contributed by atoms with Crippen LogP contribution in [0.1, 0.15) is 49.7 Å². The van der Waals surface area contributed by atoms with Gasteiger partial charge in [-0.3, -0.25) is 10.2 Å². The first-order valence-electron chi connectivity index (χ1n) is 9.11. The molecule has 1 aromatic carbocycles. The van der Waals surface area contributed by atoms with E-state index < -0.39 is 5.97 Å². The van der Waals surface area contributed by atoms with Crippen LogP contribution in [-0.4, -0.2) is 52.8 Å². The molecule has 2 heterocycles. The van der Waals surface area contributed by atoms with Crippen LogP contribution in [0.5, 0.6) is 0 Å². The molecule has 0 radical (unpaired) electrons. The normalized spacial score (nSPS) is 19.2. The molecule has 4 N–H and O–H groups in total. The first-order chi connectivity index (χ1) is 12.5. The van der Waals surface area contributed by atoms with Gasteiger partial charge >= 0.3 is 5.97 Å². The fourth-order valence-corrected chi connectivity index (χ4v) is 3.58. The number of nitrogens with zero attached hydrogens (tertiary/aromatic N) is 2. The molecule has 1 saturated heterocycles. The van der Waals surface area contributed by atoms with E-state index in [9.17, 15) is 4.79 Å². The lowest BCUT2D eigenvalue weighted by Gasteiger charge is -2.37. The quantitative estimate of drug-likeness (QED) is 0.393.